The maximum atomic E-state index is 13.6. The molecule has 0 bridgehead atoms. The topological polar surface area (TPSA) is 132 Å². The van der Waals surface area contributed by atoms with E-state index in [1.165, 1.54) is 16.7 Å². The Labute approximate surface area is 198 Å². The molecule has 174 valence electrons. The predicted octanol–water partition coefficient (Wildman–Crippen LogP) is 2.60. The zero-order valence-electron chi connectivity index (χ0n) is 18.2. The molecule has 0 amide bonds. The minimum absolute atomic E-state index is 0.0727. The fourth-order valence-corrected chi connectivity index (χ4v) is 5.14. The average Bonchev–Trinajstić information content (AvgIpc) is 3.18. The van der Waals surface area contributed by atoms with Gasteiger partial charge in [0, 0.05) is 23.3 Å². The van der Waals surface area contributed by atoms with Crippen LogP contribution in [-0.2, 0) is 17.1 Å². The van der Waals surface area contributed by atoms with Crippen LogP contribution in [-0.4, -0.2) is 29.5 Å². The van der Waals surface area contributed by atoms with Crippen LogP contribution < -0.4 is 9.29 Å². The maximum Gasteiger partial charge on any atom is 0.269 e. The summed E-state index contributed by atoms with van der Waals surface area (Å²) in [6.45, 7) is 0. The number of non-ortho nitro benzene ring substituents is 1. The number of benzene rings is 3. The van der Waals surface area contributed by atoms with Crippen molar-refractivity contribution in [2.45, 2.75) is 4.90 Å². The number of fused-ring (bicyclic) bond motifs is 2. The Hall–Kier alpha value is -4.64. The molecule has 5 rings (SSSR count). The second kappa shape index (κ2) is 7.99. The first-order chi connectivity index (χ1) is 16.7. The lowest BCUT2D eigenvalue weighted by Gasteiger charge is -2.20. The van der Waals surface area contributed by atoms with Gasteiger partial charge >= 0.3 is 0 Å². The number of aromatic nitrogens is 2. The van der Waals surface area contributed by atoms with Gasteiger partial charge < -0.3 is 0 Å². The van der Waals surface area contributed by atoms with E-state index in [4.69, 9.17) is 0 Å². The normalized spacial score (nSPS) is 13.7. The Morgan fingerprint density at radius 3 is 2.14 bits per heavy atom. The van der Waals surface area contributed by atoms with Gasteiger partial charge in [0.05, 0.1) is 16.9 Å². The Morgan fingerprint density at radius 2 is 1.49 bits per heavy atom. The Balaban J connectivity index is 1.72. The van der Waals surface area contributed by atoms with Gasteiger partial charge in [-0.15, -0.1) is 0 Å². The second-order valence-electron chi connectivity index (χ2n) is 7.87. The van der Waals surface area contributed by atoms with Crippen LogP contribution in [0.15, 0.2) is 89.7 Å². The number of carbonyl (C=O) groups excluding carboxylic acids is 2. The molecule has 0 saturated carbocycles. The lowest BCUT2D eigenvalue weighted by Crippen LogP contribution is -2.35. The van der Waals surface area contributed by atoms with Crippen molar-refractivity contribution in [3.8, 4) is 0 Å². The fraction of sp³-hybridized carbons (Fsp3) is 0.0417. The first-order valence-electron chi connectivity index (χ1n) is 10.3. The highest BCUT2D eigenvalue weighted by atomic mass is 32.2. The number of allylic oxidation sites excluding steroid dienone is 2. The molecule has 35 heavy (non-hydrogen) atoms. The van der Waals surface area contributed by atoms with Gasteiger partial charge in [0.1, 0.15) is 5.70 Å². The van der Waals surface area contributed by atoms with Gasteiger partial charge in [-0.1, -0.05) is 36.4 Å². The maximum absolute atomic E-state index is 13.6. The van der Waals surface area contributed by atoms with E-state index in [-0.39, 0.29) is 27.4 Å². The number of nitro groups is 1. The van der Waals surface area contributed by atoms with E-state index in [1.807, 2.05) is 12.1 Å². The van der Waals surface area contributed by atoms with Crippen LogP contribution in [0.25, 0.3) is 16.7 Å². The first-order valence-corrected chi connectivity index (χ1v) is 11.8. The molecule has 0 aliphatic heterocycles. The number of nitro benzene ring substituents is 1. The highest BCUT2D eigenvalue weighted by molar-refractivity contribution is 7.89. The van der Waals surface area contributed by atoms with Gasteiger partial charge in [0.2, 0.25) is 23.6 Å². The molecule has 1 N–H and O–H groups in total. The van der Waals surface area contributed by atoms with Crippen molar-refractivity contribution in [1.82, 2.24) is 9.29 Å². The van der Waals surface area contributed by atoms with Gasteiger partial charge in [0.25, 0.3) is 15.7 Å². The third-order valence-electron chi connectivity index (χ3n) is 5.74. The predicted molar refractivity (Wildman–Crippen MR) is 125 cm³/mol. The van der Waals surface area contributed by atoms with E-state index in [1.54, 1.807) is 42.2 Å². The molecule has 1 aliphatic rings. The van der Waals surface area contributed by atoms with Crippen molar-refractivity contribution in [2.75, 3.05) is 0 Å². The van der Waals surface area contributed by atoms with Crippen LogP contribution in [0.1, 0.15) is 20.7 Å². The monoisotopic (exact) mass is 489 g/mol. The number of carbonyl (C=O) groups is 2. The van der Waals surface area contributed by atoms with Crippen molar-refractivity contribution >= 4 is 44.0 Å². The zero-order chi connectivity index (χ0) is 24.9. The Kier molecular flexibility index (Phi) is 5.06. The van der Waals surface area contributed by atoms with Gasteiger partial charge in [-0.25, -0.2) is 13.0 Å². The highest BCUT2D eigenvalue weighted by Gasteiger charge is 2.39. The zero-order valence-corrected chi connectivity index (χ0v) is 19.0. The van der Waals surface area contributed by atoms with Crippen LogP contribution in [0.2, 0.25) is 0 Å². The van der Waals surface area contributed by atoms with Gasteiger partial charge in [-0.3, -0.25) is 24.4 Å². The number of Topliss-reactive ketones (excluding diaryl/α,β-unsaturated/α-hetero) is 2. The van der Waals surface area contributed by atoms with Crippen LogP contribution in [0.3, 0.4) is 0 Å². The highest BCUT2D eigenvalue weighted by Crippen LogP contribution is 2.31. The lowest BCUT2D eigenvalue weighted by molar-refractivity contribution is -0.645. The number of nitrogens with zero attached hydrogens (tertiary/aromatic N) is 3. The molecule has 11 heteroatoms. The molecule has 1 aromatic heterocycles. The van der Waals surface area contributed by atoms with E-state index in [0.717, 1.165) is 29.8 Å². The first kappa shape index (κ1) is 22.2. The van der Waals surface area contributed by atoms with Gasteiger partial charge in [-0.05, 0) is 24.3 Å². The van der Waals surface area contributed by atoms with Crippen molar-refractivity contribution in [2.24, 2.45) is 7.05 Å². The van der Waals surface area contributed by atoms with Crippen LogP contribution in [0.4, 0.5) is 5.69 Å². The fourth-order valence-electron chi connectivity index (χ4n) is 4.07. The Bertz CT molecular complexity index is 1700. The van der Waals surface area contributed by atoms with Crippen LogP contribution in [0.5, 0.6) is 0 Å². The Morgan fingerprint density at radius 1 is 0.886 bits per heavy atom. The summed E-state index contributed by atoms with van der Waals surface area (Å²) in [5.74, 6) is -1.19. The summed E-state index contributed by atoms with van der Waals surface area (Å²) in [6, 6.07) is 17.6. The van der Waals surface area contributed by atoms with E-state index in [9.17, 15) is 28.1 Å². The molecule has 1 aliphatic carbocycles. The smallest absolute Gasteiger partial charge is 0.269 e. The number of para-hydroxylation sites is 2. The molecular weight excluding hydrogens is 472 g/mol. The van der Waals surface area contributed by atoms with Gasteiger partial charge in [0.15, 0.2) is 11.0 Å². The summed E-state index contributed by atoms with van der Waals surface area (Å²) in [6.07, 6.45) is 1.60. The number of hydrogen-bond acceptors (Lipinski definition) is 6. The summed E-state index contributed by atoms with van der Waals surface area (Å²) in [7, 11) is -2.61. The molecule has 0 spiro atoms. The number of rotatable bonds is 5. The third kappa shape index (κ3) is 3.58. The number of sulfonamides is 1. The van der Waals surface area contributed by atoms with Crippen LogP contribution >= 0.6 is 0 Å². The summed E-state index contributed by atoms with van der Waals surface area (Å²) >= 11 is 0. The minimum Gasteiger partial charge on any atom is -0.287 e. The van der Waals surface area contributed by atoms with E-state index >= 15 is 0 Å². The molecule has 3 aromatic carbocycles. The molecule has 0 unspecified atom stereocenters. The number of imidazole rings is 1. The van der Waals surface area contributed by atoms with Crippen molar-refractivity contribution in [3.63, 3.8) is 0 Å². The number of aryl methyl sites for hydroxylation is 1. The molecular formula is C24H17N4O6S+. The number of hydrogen-bond donors (Lipinski definition) is 1. The molecule has 10 nitrogen and oxygen atoms in total. The molecule has 0 atom stereocenters. The average molecular weight is 489 g/mol. The standard InChI is InChI=1S/C24H16N4O6S/c1-26-14-27(20-9-5-4-8-19(20)26)22-21(23(29)17-6-2-3-7-18(17)24(22)30)25-35(33,34)16-12-10-15(11-13-16)28(31)32/h2-14H,1H3/p+1. The number of nitrogens with one attached hydrogen (secondary N) is 1. The largest absolute Gasteiger partial charge is 0.287 e. The SMILES string of the molecule is C[n+]1cn(C2=C(NS(=O)(=O)c3ccc([N+](=O)[O-])cc3)C(=O)c3ccccc3C2=O)c2ccccc21. The lowest BCUT2D eigenvalue weighted by atomic mass is 9.90. The summed E-state index contributed by atoms with van der Waals surface area (Å²) in [4.78, 5) is 37.1. The quantitative estimate of drug-likeness (QED) is 0.260. The van der Waals surface area contributed by atoms with Crippen molar-refractivity contribution < 1.29 is 27.5 Å². The van der Waals surface area contributed by atoms with Crippen molar-refractivity contribution in [1.29, 1.82) is 0 Å². The van der Waals surface area contributed by atoms with Gasteiger partial charge in [-0.2, -0.15) is 4.57 Å². The third-order valence-corrected chi connectivity index (χ3v) is 7.11. The van der Waals surface area contributed by atoms with E-state index < -0.39 is 32.2 Å². The molecule has 4 aromatic rings. The minimum atomic E-state index is -4.37. The second-order valence-corrected chi connectivity index (χ2v) is 9.55. The number of ketones is 2. The summed E-state index contributed by atoms with van der Waals surface area (Å²) in [5, 5.41) is 10.9. The van der Waals surface area contributed by atoms with E-state index in [2.05, 4.69) is 4.72 Å². The molecule has 0 radical (unpaired) electrons. The molecule has 0 fully saturated rings. The van der Waals surface area contributed by atoms with Crippen LogP contribution in [0, 0.1) is 10.1 Å². The summed E-state index contributed by atoms with van der Waals surface area (Å²) < 4.78 is 31.9. The molecule has 0 saturated heterocycles. The van der Waals surface area contributed by atoms with Crippen molar-refractivity contribution in [3.05, 3.63) is 106 Å². The van der Waals surface area contributed by atoms with E-state index in [0.29, 0.717) is 5.52 Å². The summed E-state index contributed by atoms with van der Waals surface area (Å²) in [5.41, 5.74) is 0.751. The molecule has 1 heterocycles.